The van der Waals surface area contributed by atoms with E-state index in [2.05, 4.69) is 34.1 Å². The van der Waals surface area contributed by atoms with Crippen molar-refractivity contribution in [1.82, 2.24) is 20.3 Å². The first-order chi connectivity index (χ1) is 27.5. The summed E-state index contributed by atoms with van der Waals surface area (Å²) in [5.41, 5.74) is 5.75. The number of nitrogens with two attached hydrogens (primary N) is 1. The molecule has 0 radical (unpaired) electrons. The zero-order chi connectivity index (χ0) is 44.2. The molecule has 0 saturated carbocycles. The number of ether oxygens (including phenoxy) is 2. The van der Waals surface area contributed by atoms with Crippen LogP contribution in [0, 0.1) is 36.0 Å². The van der Waals surface area contributed by atoms with Crippen LogP contribution >= 0.6 is 34.8 Å². The van der Waals surface area contributed by atoms with Crippen LogP contribution in [0.1, 0.15) is 59.0 Å². The maximum absolute atomic E-state index is 13.5. The predicted molar refractivity (Wildman–Crippen MR) is 212 cm³/mol. The second-order valence-corrected chi connectivity index (χ2v) is 11.6. The Kier molecular flexibility index (Phi) is 33.2. The fraction of sp³-hybridized carbons (Fsp3) is 0.205. The van der Waals surface area contributed by atoms with Crippen molar-refractivity contribution in [3.8, 4) is 11.5 Å². The molecule has 0 aliphatic carbocycles. The van der Waals surface area contributed by atoms with Gasteiger partial charge >= 0.3 is 31.0 Å². The molecule has 0 saturated heterocycles. The number of carbonyl (C=O) groups excluding carboxylic acids is 3. The first kappa shape index (κ1) is 59.2. The molecule has 5 rings (SSSR count). The number of aromatic carboxylic acids is 1. The van der Waals surface area contributed by atoms with Gasteiger partial charge in [0.1, 0.15) is 11.4 Å². The number of methoxy groups -OCH3 is 2. The van der Waals surface area contributed by atoms with Gasteiger partial charge in [-0.2, -0.15) is 16.0 Å². The second kappa shape index (κ2) is 33.7. The molecule has 0 atom stereocenters. The number of nitrogens with zero attached hydrogens (tertiary/aromatic N) is 3. The SMILES string of the molecule is C.COc1ccc(CN)cc1F.COc1ccc(CNC(=O)c2c(F)cncc2Cl)cc1F.Fc1cncc(Cl)c1.O=C(O)c1c(F)cncc1Cl.O=C=O.[CH2-]CCC.[Li+]. The molecule has 60 heavy (non-hydrogen) atoms. The van der Waals surface area contributed by atoms with E-state index in [-0.39, 0.29) is 71.9 Å². The van der Waals surface area contributed by atoms with E-state index in [1.807, 2.05) is 0 Å². The number of amides is 1. The van der Waals surface area contributed by atoms with E-state index in [4.69, 9.17) is 64.7 Å². The van der Waals surface area contributed by atoms with Crippen LogP contribution in [0.4, 0.5) is 22.0 Å². The fourth-order valence-electron chi connectivity index (χ4n) is 3.56. The van der Waals surface area contributed by atoms with Crippen molar-refractivity contribution in [2.45, 2.75) is 40.3 Å². The Morgan fingerprint density at radius 3 is 1.53 bits per heavy atom. The van der Waals surface area contributed by atoms with Gasteiger partial charge in [-0.15, -0.1) is 0 Å². The number of aromatic nitrogens is 3. The molecule has 21 heteroatoms. The number of carboxylic acid groups (broad SMARTS) is 1. The molecule has 0 aliphatic heterocycles. The molecule has 320 valence electrons. The van der Waals surface area contributed by atoms with Gasteiger partial charge < -0.3 is 32.6 Å². The average molecular weight is 899 g/mol. The Labute approximate surface area is 370 Å². The van der Waals surface area contributed by atoms with E-state index in [0.29, 0.717) is 17.1 Å². The number of hydrogen-bond acceptors (Lipinski definition) is 10. The Morgan fingerprint density at radius 2 is 1.20 bits per heavy atom. The predicted octanol–water partition coefficient (Wildman–Crippen LogP) is 6.37. The van der Waals surface area contributed by atoms with E-state index in [9.17, 15) is 31.5 Å². The van der Waals surface area contributed by atoms with Gasteiger partial charge in [0, 0.05) is 31.7 Å². The van der Waals surface area contributed by atoms with E-state index in [0.717, 1.165) is 36.8 Å². The Morgan fingerprint density at radius 1 is 0.767 bits per heavy atom. The van der Waals surface area contributed by atoms with Crippen LogP contribution in [0.25, 0.3) is 0 Å². The minimum atomic E-state index is -1.39. The molecule has 3 heterocycles. The summed E-state index contributed by atoms with van der Waals surface area (Å²) < 4.78 is 74.0. The zero-order valence-corrected chi connectivity index (χ0v) is 34.1. The van der Waals surface area contributed by atoms with E-state index < -0.39 is 40.7 Å². The van der Waals surface area contributed by atoms with Crippen LogP contribution in [0.5, 0.6) is 11.5 Å². The van der Waals surface area contributed by atoms with Crippen molar-refractivity contribution in [3.05, 3.63) is 153 Å². The van der Waals surface area contributed by atoms with Crippen molar-refractivity contribution < 1.29 is 74.6 Å². The number of carboxylic acids is 1. The van der Waals surface area contributed by atoms with Gasteiger partial charge in [-0.25, -0.2) is 26.7 Å². The number of rotatable bonds is 8. The minimum Gasteiger partial charge on any atom is -0.494 e. The van der Waals surface area contributed by atoms with Crippen molar-refractivity contribution in [3.63, 3.8) is 0 Å². The quantitative estimate of drug-likeness (QED) is 0.0894. The number of halogens is 8. The van der Waals surface area contributed by atoms with E-state index in [1.165, 1.54) is 57.3 Å². The average Bonchev–Trinajstić information content (AvgIpc) is 3.18. The third-order valence-electron chi connectivity index (χ3n) is 6.29. The topological polar surface area (TPSA) is 184 Å². The molecule has 0 spiro atoms. The second-order valence-electron chi connectivity index (χ2n) is 10.3. The Hall–Kier alpha value is -5.11. The summed E-state index contributed by atoms with van der Waals surface area (Å²) in [4.78, 5) is 48.8. The van der Waals surface area contributed by atoms with Crippen LogP contribution < -0.4 is 39.4 Å². The van der Waals surface area contributed by atoms with Crippen LogP contribution in [-0.2, 0) is 22.7 Å². The van der Waals surface area contributed by atoms with Gasteiger partial charge in [0.2, 0.25) is 0 Å². The van der Waals surface area contributed by atoms with Gasteiger partial charge in [-0.3, -0.25) is 19.7 Å². The molecule has 0 fully saturated rings. The van der Waals surface area contributed by atoms with Crippen molar-refractivity contribution in [2.75, 3.05) is 14.2 Å². The number of pyridine rings is 3. The molecule has 5 aromatic rings. The van der Waals surface area contributed by atoms with Crippen LogP contribution in [0.3, 0.4) is 0 Å². The molecule has 3 aromatic heterocycles. The molecule has 0 bridgehead atoms. The molecular formula is C39H40Cl3F5LiN5O7. The van der Waals surface area contributed by atoms with E-state index in [1.54, 1.807) is 18.2 Å². The summed E-state index contributed by atoms with van der Waals surface area (Å²) in [6.45, 7) is 6.10. The molecule has 0 aliphatic rings. The van der Waals surface area contributed by atoms with Gasteiger partial charge in [-0.1, -0.05) is 67.7 Å². The first-order valence-electron chi connectivity index (χ1n) is 16.0. The minimum absolute atomic E-state index is 0. The monoisotopic (exact) mass is 897 g/mol. The number of hydrogen-bond donors (Lipinski definition) is 3. The molecule has 12 nitrogen and oxygen atoms in total. The maximum Gasteiger partial charge on any atom is 1.00 e. The van der Waals surface area contributed by atoms with Crippen molar-refractivity contribution in [1.29, 1.82) is 0 Å². The van der Waals surface area contributed by atoms with E-state index >= 15 is 0 Å². The maximum atomic E-state index is 13.5. The number of unbranched alkanes of at least 4 members (excludes halogenated alkanes) is 1. The fourth-order valence-corrected chi connectivity index (χ4v) is 4.18. The third-order valence-corrected chi connectivity index (χ3v) is 7.07. The third kappa shape index (κ3) is 22.9. The zero-order valence-electron chi connectivity index (χ0n) is 31.9. The van der Waals surface area contributed by atoms with Crippen molar-refractivity contribution >= 4 is 52.8 Å². The smallest absolute Gasteiger partial charge is 0.494 e. The Bertz CT molecular complexity index is 2030. The summed E-state index contributed by atoms with van der Waals surface area (Å²) in [6, 6.07) is 10.1. The van der Waals surface area contributed by atoms with Gasteiger partial charge in [-0.05, 0) is 41.5 Å². The Balaban J connectivity index is -0.000000716. The summed E-state index contributed by atoms with van der Waals surface area (Å²) in [6.07, 6.45) is 8.96. The molecule has 2 aromatic carbocycles. The van der Waals surface area contributed by atoms with Crippen LogP contribution in [0.15, 0.2) is 79.6 Å². The molecular weight excluding hydrogens is 859 g/mol. The number of benzene rings is 2. The normalized spacial score (nSPS) is 9.02. The van der Waals surface area contributed by atoms with Gasteiger partial charge in [0.15, 0.2) is 34.8 Å². The van der Waals surface area contributed by atoms with Gasteiger partial charge in [0.25, 0.3) is 5.91 Å². The molecule has 1 amide bonds. The largest absolute Gasteiger partial charge is 1.00 e. The van der Waals surface area contributed by atoms with Crippen LogP contribution in [0.2, 0.25) is 15.1 Å². The summed E-state index contributed by atoms with van der Waals surface area (Å²) >= 11 is 16.4. The van der Waals surface area contributed by atoms with Crippen LogP contribution in [-0.4, -0.2) is 52.3 Å². The molecule has 4 N–H and O–H groups in total. The summed E-state index contributed by atoms with van der Waals surface area (Å²) in [5, 5.41) is 10.9. The number of nitrogens with one attached hydrogen (secondary N) is 1. The van der Waals surface area contributed by atoms with Crippen molar-refractivity contribution in [2.24, 2.45) is 5.73 Å². The standard InChI is InChI=1S/C14H11ClF2N2O2.C8H10FNO.C6H3ClFNO2.C5H3ClFN.C4H9.CO2.CH4.Li/c1-21-12-3-2-8(4-10(12)16)5-19-14(20)13-9(15)6-18-7-11(13)17;1-11-8-3-2-6(5-10)4-7(8)9;7-3-1-9-2-4(8)5(3)6(10)11;6-4-1-5(7)3-8-2-4;1-3-4-2;2-1-3;;/h2-4,6-7H,5H2,1H3,(H,19,20);2-4H,5,10H2,1H3;1-2H,(H,10,11);1-3H;1,3-4H2,2H3;;1H4;/q;;;;-1;;;+1. The molecule has 0 unspecified atom stereocenters. The number of carbonyl (C=O) groups is 2. The first-order valence-corrected chi connectivity index (χ1v) is 17.2. The van der Waals surface area contributed by atoms with Gasteiger partial charge in [0.05, 0.1) is 53.4 Å². The summed E-state index contributed by atoms with van der Waals surface area (Å²) in [7, 11) is 2.79. The summed E-state index contributed by atoms with van der Waals surface area (Å²) in [5.74, 6) is -4.79.